The maximum absolute atomic E-state index is 10.2. The molecular formula is C21H21ClO10. The molecule has 0 unspecified atom stereocenters. The Balaban J connectivity index is 0.00000289. The summed E-state index contributed by atoms with van der Waals surface area (Å²) in [6.07, 6.45) is -5.67. The first-order chi connectivity index (χ1) is 14.8. The van der Waals surface area contributed by atoms with Crippen molar-refractivity contribution in [2.75, 3.05) is 13.7 Å². The molecular weight excluding hydrogens is 448 g/mol. The van der Waals surface area contributed by atoms with E-state index in [0.29, 0.717) is 5.56 Å². The number of hydrogen-bond donors (Lipinski definition) is 6. The smallest absolute Gasteiger partial charge is 0.402 e. The largest absolute Gasteiger partial charge is 1.00 e. The normalized spacial score (nSPS) is 22.9. The molecule has 6 N–H and O–H groups in total. The minimum absolute atomic E-state index is 0. The van der Waals surface area contributed by atoms with Crippen LogP contribution < -0.4 is 21.9 Å². The lowest BCUT2D eigenvalue weighted by molar-refractivity contribution is -0.242. The van der Waals surface area contributed by atoms with E-state index in [1.54, 1.807) is 0 Å². The number of hydrogen-bond acceptors (Lipinski definition) is 9. The molecule has 0 aliphatic carbocycles. The lowest BCUT2D eigenvalue weighted by Gasteiger charge is -2.34. The van der Waals surface area contributed by atoms with Gasteiger partial charge in [0, 0.05) is 18.2 Å². The number of aliphatic hydroxyl groups is 3. The molecule has 1 saturated heterocycles. The van der Waals surface area contributed by atoms with Crippen LogP contribution in [0.1, 0.15) is 0 Å². The number of ether oxygens (including phenoxy) is 3. The Labute approximate surface area is 187 Å². The summed E-state index contributed by atoms with van der Waals surface area (Å²) < 4.78 is 22.1. The van der Waals surface area contributed by atoms with Crippen molar-refractivity contribution in [2.45, 2.75) is 24.6 Å². The highest BCUT2D eigenvalue weighted by molar-refractivity contribution is 5.88. The number of phenols is 3. The standard InChI is InChI=1S/C21H20O10.ClH/c1-28-16-4-9(2-3-12(16)23)20-17(31-21-19(27)18(26)14(25)8-29-21)7-11-13(24)5-10(22)6-15(11)30-20;/h2-7,14,18-19,21,25-27H,8H2,1H3,(H2-,22,23,24);1H/t14-,18-,19+,21+;/m1./s1. The summed E-state index contributed by atoms with van der Waals surface area (Å²) in [6, 6.07) is 8.21. The molecule has 1 fully saturated rings. The maximum atomic E-state index is 10.2. The highest BCUT2D eigenvalue weighted by Gasteiger charge is 2.40. The quantitative estimate of drug-likeness (QED) is 0.244. The molecule has 1 aliphatic heterocycles. The summed E-state index contributed by atoms with van der Waals surface area (Å²) in [6.45, 7) is -0.269. The van der Waals surface area contributed by atoms with Crippen LogP contribution in [0.15, 0.2) is 40.8 Å². The number of aromatic hydroxyl groups is 3. The highest BCUT2D eigenvalue weighted by atomic mass is 35.5. The van der Waals surface area contributed by atoms with Gasteiger partial charge in [-0.15, -0.1) is 0 Å². The molecule has 2 heterocycles. The summed E-state index contributed by atoms with van der Waals surface area (Å²) in [5, 5.41) is 59.9. The van der Waals surface area contributed by atoms with Crippen molar-refractivity contribution in [3.63, 3.8) is 0 Å². The van der Waals surface area contributed by atoms with Crippen LogP contribution in [0, 0.1) is 0 Å². The summed E-state index contributed by atoms with van der Waals surface area (Å²) >= 11 is 0. The fourth-order valence-corrected chi connectivity index (χ4v) is 3.30. The van der Waals surface area contributed by atoms with E-state index in [-0.39, 0.29) is 64.5 Å². The van der Waals surface area contributed by atoms with Gasteiger partial charge in [0.25, 0.3) is 0 Å². The number of methoxy groups -OCH3 is 1. The van der Waals surface area contributed by atoms with Gasteiger partial charge < -0.3 is 57.3 Å². The van der Waals surface area contributed by atoms with E-state index >= 15 is 0 Å². The highest BCUT2D eigenvalue weighted by Crippen LogP contribution is 2.42. The van der Waals surface area contributed by atoms with Crippen LogP contribution in [0.2, 0.25) is 0 Å². The number of benzene rings is 2. The van der Waals surface area contributed by atoms with Crippen LogP contribution >= 0.6 is 0 Å². The minimum Gasteiger partial charge on any atom is -1.00 e. The lowest BCUT2D eigenvalue weighted by Crippen LogP contribution is -3.00. The molecule has 2 aromatic carbocycles. The number of phenolic OH excluding ortho intramolecular Hbond substituents is 3. The Morgan fingerprint density at radius 3 is 2.41 bits per heavy atom. The third-order valence-electron chi connectivity index (χ3n) is 4.96. The van der Waals surface area contributed by atoms with Crippen molar-refractivity contribution >= 4 is 11.0 Å². The summed E-state index contributed by atoms with van der Waals surface area (Å²) in [5.74, 6) is -0.321. The van der Waals surface area contributed by atoms with Crippen LogP contribution in [-0.2, 0) is 4.74 Å². The van der Waals surface area contributed by atoms with E-state index in [2.05, 4.69) is 0 Å². The predicted octanol–water partition coefficient (Wildman–Crippen LogP) is -1.67. The molecule has 10 nitrogen and oxygen atoms in total. The number of halogens is 1. The zero-order valence-corrected chi connectivity index (χ0v) is 17.4. The molecule has 3 aromatic rings. The Morgan fingerprint density at radius 2 is 1.69 bits per heavy atom. The van der Waals surface area contributed by atoms with Crippen molar-refractivity contribution in [3.8, 4) is 40.1 Å². The Kier molecular flexibility index (Phi) is 6.82. The number of rotatable bonds is 4. The van der Waals surface area contributed by atoms with Gasteiger partial charge in [-0.25, -0.2) is 4.42 Å². The van der Waals surface area contributed by atoms with Gasteiger partial charge >= 0.3 is 11.3 Å². The van der Waals surface area contributed by atoms with Gasteiger partial charge in [-0.3, -0.25) is 0 Å². The Bertz CT molecular complexity index is 1120. The zero-order chi connectivity index (χ0) is 22.3. The molecule has 0 bridgehead atoms. The van der Waals surface area contributed by atoms with E-state index < -0.39 is 24.6 Å². The Hall–Kier alpha value is -3.02. The molecule has 4 atom stereocenters. The fraction of sp³-hybridized carbons (Fsp3) is 0.286. The Morgan fingerprint density at radius 1 is 0.938 bits per heavy atom. The molecule has 11 heteroatoms. The summed E-state index contributed by atoms with van der Waals surface area (Å²) in [7, 11) is 1.38. The van der Waals surface area contributed by atoms with Crippen molar-refractivity contribution in [2.24, 2.45) is 0 Å². The fourth-order valence-electron chi connectivity index (χ4n) is 3.30. The van der Waals surface area contributed by atoms with Crippen LogP contribution in [0.3, 0.4) is 0 Å². The van der Waals surface area contributed by atoms with E-state index in [1.807, 2.05) is 0 Å². The van der Waals surface area contributed by atoms with Crippen molar-refractivity contribution in [1.82, 2.24) is 0 Å². The van der Waals surface area contributed by atoms with Gasteiger partial charge in [0.2, 0.25) is 12.0 Å². The SMILES string of the molecule is COc1cc(-c2[o+]c3cc(O)cc(O)c3cc2O[C@@H]2OC[C@@H](O)[C@@H](O)[C@@H]2O)ccc1O.[Cl-]. The summed E-state index contributed by atoms with van der Waals surface area (Å²) in [5.41, 5.74) is 0.535. The second kappa shape index (κ2) is 9.23. The molecule has 1 aliphatic rings. The van der Waals surface area contributed by atoms with Crippen LogP contribution in [0.5, 0.6) is 28.7 Å². The molecule has 32 heavy (non-hydrogen) atoms. The average Bonchev–Trinajstić information content (AvgIpc) is 2.74. The first-order valence-electron chi connectivity index (χ1n) is 9.31. The van der Waals surface area contributed by atoms with Crippen LogP contribution in [0.25, 0.3) is 22.3 Å². The van der Waals surface area contributed by atoms with Gasteiger partial charge in [0.15, 0.2) is 11.5 Å². The first kappa shape index (κ1) is 23.6. The average molecular weight is 469 g/mol. The topological polar surface area (TPSA) is 160 Å². The van der Waals surface area contributed by atoms with E-state index in [9.17, 15) is 30.6 Å². The maximum Gasteiger partial charge on any atom is 0.402 e. The third kappa shape index (κ3) is 4.31. The van der Waals surface area contributed by atoms with Gasteiger partial charge in [-0.05, 0) is 12.1 Å². The van der Waals surface area contributed by atoms with Crippen LogP contribution in [-0.4, -0.2) is 69.0 Å². The van der Waals surface area contributed by atoms with Gasteiger partial charge in [-0.2, -0.15) is 0 Å². The van der Waals surface area contributed by atoms with Gasteiger partial charge in [0.1, 0.15) is 35.2 Å². The second-order valence-electron chi connectivity index (χ2n) is 7.07. The second-order valence-corrected chi connectivity index (χ2v) is 7.07. The molecule has 0 saturated carbocycles. The third-order valence-corrected chi connectivity index (χ3v) is 4.96. The first-order valence-corrected chi connectivity index (χ1v) is 9.31. The van der Waals surface area contributed by atoms with E-state index in [1.165, 1.54) is 37.4 Å². The molecule has 0 radical (unpaired) electrons. The van der Waals surface area contributed by atoms with E-state index in [4.69, 9.17) is 18.6 Å². The molecule has 1 aromatic heterocycles. The molecule has 172 valence electrons. The predicted molar refractivity (Wildman–Crippen MR) is 106 cm³/mol. The minimum atomic E-state index is -1.56. The summed E-state index contributed by atoms with van der Waals surface area (Å²) in [4.78, 5) is 0. The zero-order valence-electron chi connectivity index (χ0n) is 16.7. The van der Waals surface area contributed by atoms with Gasteiger partial charge in [-0.1, -0.05) is 0 Å². The van der Waals surface area contributed by atoms with E-state index in [0.717, 1.165) is 6.07 Å². The monoisotopic (exact) mass is 468 g/mol. The molecule has 0 spiro atoms. The van der Waals surface area contributed by atoms with Crippen molar-refractivity contribution in [1.29, 1.82) is 0 Å². The van der Waals surface area contributed by atoms with Crippen molar-refractivity contribution < 1.29 is 61.7 Å². The molecule has 4 rings (SSSR count). The van der Waals surface area contributed by atoms with Crippen molar-refractivity contribution in [3.05, 3.63) is 36.4 Å². The van der Waals surface area contributed by atoms with Crippen LogP contribution in [0.4, 0.5) is 0 Å². The number of aliphatic hydroxyl groups excluding tert-OH is 3. The molecule has 0 amide bonds. The lowest BCUT2D eigenvalue weighted by atomic mass is 10.1. The number of fused-ring (bicyclic) bond motifs is 1. The van der Waals surface area contributed by atoms with Gasteiger partial charge in [0.05, 0.1) is 25.3 Å².